The molecular formula is C25H30F2N4O2. The molecule has 0 radical (unpaired) electrons. The Hall–Kier alpha value is -2.74. The number of hydrogen-bond acceptors (Lipinski definition) is 4. The Morgan fingerprint density at radius 2 is 2.03 bits per heavy atom. The SMILES string of the molecule is C=Cc1cc2c(cc1C(F)F)N(c1nn(C3CCOCC3)c3c1CN(C(C)=O)CC3)CCC2. The molecule has 5 rings (SSSR count). The first-order chi connectivity index (χ1) is 16.0. The van der Waals surface area contributed by atoms with Gasteiger partial charge < -0.3 is 14.5 Å². The van der Waals surface area contributed by atoms with Crippen LogP contribution in [0.2, 0.25) is 0 Å². The fourth-order valence-electron chi connectivity index (χ4n) is 5.40. The fourth-order valence-corrected chi connectivity index (χ4v) is 5.40. The van der Waals surface area contributed by atoms with Gasteiger partial charge in [0.1, 0.15) is 0 Å². The second-order valence-corrected chi connectivity index (χ2v) is 9.10. The zero-order valence-corrected chi connectivity index (χ0v) is 19.0. The highest BCUT2D eigenvalue weighted by molar-refractivity contribution is 5.75. The minimum absolute atomic E-state index is 0.00116. The highest BCUT2D eigenvalue weighted by atomic mass is 19.3. The molecule has 0 spiro atoms. The van der Waals surface area contributed by atoms with Crippen LogP contribution in [0.1, 0.15) is 66.6 Å². The third-order valence-electron chi connectivity index (χ3n) is 7.16. The van der Waals surface area contributed by atoms with E-state index in [1.807, 2.05) is 11.0 Å². The molecule has 1 amide bonds. The molecular weight excluding hydrogens is 426 g/mol. The number of hydrogen-bond donors (Lipinski definition) is 0. The predicted molar refractivity (Wildman–Crippen MR) is 123 cm³/mol. The molecule has 0 atom stereocenters. The van der Waals surface area contributed by atoms with Crippen molar-refractivity contribution in [1.82, 2.24) is 14.7 Å². The molecule has 8 heteroatoms. The van der Waals surface area contributed by atoms with Crippen molar-refractivity contribution in [3.05, 3.63) is 46.7 Å². The van der Waals surface area contributed by atoms with Gasteiger partial charge in [-0.05, 0) is 48.9 Å². The lowest BCUT2D eigenvalue weighted by molar-refractivity contribution is -0.129. The zero-order valence-electron chi connectivity index (χ0n) is 19.0. The predicted octanol–water partition coefficient (Wildman–Crippen LogP) is 4.80. The highest BCUT2D eigenvalue weighted by Crippen LogP contribution is 2.41. The number of anilines is 2. The summed E-state index contributed by atoms with van der Waals surface area (Å²) in [4.78, 5) is 16.1. The number of rotatable bonds is 4. The summed E-state index contributed by atoms with van der Waals surface area (Å²) < 4.78 is 35.4. The summed E-state index contributed by atoms with van der Waals surface area (Å²) in [6.07, 6.45) is 3.22. The molecule has 3 aliphatic heterocycles. The molecule has 33 heavy (non-hydrogen) atoms. The molecule has 0 saturated carbocycles. The normalized spacial score (nSPS) is 18.9. The summed E-state index contributed by atoms with van der Waals surface area (Å²) in [7, 11) is 0. The molecule has 0 unspecified atom stereocenters. The van der Waals surface area contributed by atoms with Crippen LogP contribution in [0.4, 0.5) is 20.3 Å². The van der Waals surface area contributed by atoms with Crippen molar-refractivity contribution in [3.8, 4) is 0 Å². The minimum Gasteiger partial charge on any atom is -0.381 e. The molecule has 1 aromatic carbocycles. The van der Waals surface area contributed by atoms with Gasteiger partial charge in [0.25, 0.3) is 6.43 Å². The molecule has 1 aromatic heterocycles. The van der Waals surface area contributed by atoms with E-state index in [-0.39, 0.29) is 17.5 Å². The second-order valence-electron chi connectivity index (χ2n) is 9.10. The number of amides is 1. The zero-order chi connectivity index (χ0) is 23.1. The third kappa shape index (κ3) is 3.94. The molecule has 1 fully saturated rings. The number of ether oxygens (including phenoxy) is 1. The average molecular weight is 457 g/mol. The molecule has 4 heterocycles. The van der Waals surface area contributed by atoms with E-state index in [1.54, 1.807) is 13.0 Å². The van der Waals surface area contributed by atoms with Crippen LogP contribution in [0.15, 0.2) is 18.7 Å². The second kappa shape index (κ2) is 8.89. The van der Waals surface area contributed by atoms with E-state index < -0.39 is 6.43 Å². The number of carbonyl (C=O) groups is 1. The number of carbonyl (C=O) groups excluding carboxylic acids is 1. The minimum atomic E-state index is -2.58. The first kappa shape index (κ1) is 22.1. The summed E-state index contributed by atoms with van der Waals surface area (Å²) in [6.45, 7) is 8.62. The molecule has 0 N–H and O–H groups in total. The van der Waals surface area contributed by atoms with E-state index in [0.29, 0.717) is 38.4 Å². The first-order valence-corrected chi connectivity index (χ1v) is 11.8. The smallest absolute Gasteiger partial charge is 0.264 e. The number of nitrogens with zero attached hydrogens (tertiary/aromatic N) is 4. The van der Waals surface area contributed by atoms with E-state index in [0.717, 1.165) is 54.7 Å². The van der Waals surface area contributed by atoms with Crippen molar-refractivity contribution in [3.63, 3.8) is 0 Å². The summed E-state index contributed by atoms with van der Waals surface area (Å²) in [5, 5.41) is 5.09. The van der Waals surface area contributed by atoms with Crippen molar-refractivity contribution >= 4 is 23.5 Å². The van der Waals surface area contributed by atoms with Gasteiger partial charge in [0.15, 0.2) is 5.82 Å². The Morgan fingerprint density at radius 3 is 2.73 bits per heavy atom. The molecule has 3 aliphatic rings. The number of halogens is 2. The van der Waals surface area contributed by atoms with Crippen molar-refractivity contribution in [2.45, 2.75) is 58.0 Å². The lowest BCUT2D eigenvalue weighted by atomic mass is 9.95. The number of alkyl halides is 2. The monoisotopic (exact) mass is 456 g/mol. The number of benzene rings is 1. The highest BCUT2D eigenvalue weighted by Gasteiger charge is 2.33. The van der Waals surface area contributed by atoms with Crippen LogP contribution in [0.5, 0.6) is 0 Å². The first-order valence-electron chi connectivity index (χ1n) is 11.8. The quantitative estimate of drug-likeness (QED) is 0.663. The molecule has 0 aliphatic carbocycles. The van der Waals surface area contributed by atoms with Gasteiger partial charge in [-0.2, -0.15) is 5.10 Å². The Labute approximate surface area is 192 Å². The van der Waals surface area contributed by atoms with Crippen molar-refractivity contribution in [2.75, 3.05) is 31.2 Å². The Bertz CT molecular complexity index is 1070. The van der Waals surface area contributed by atoms with Crippen LogP contribution >= 0.6 is 0 Å². The van der Waals surface area contributed by atoms with E-state index in [9.17, 15) is 13.6 Å². The van der Waals surface area contributed by atoms with Gasteiger partial charge in [0, 0.05) is 62.2 Å². The maximum Gasteiger partial charge on any atom is 0.264 e. The Kier molecular flexibility index (Phi) is 5.95. The van der Waals surface area contributed by atoms with Crippen LogP contribution in [0.3, 0.4) is 0 Å². The van der Waals surface area contributed by atoms with Gasteiger partial charge in [-0.15, -0.1) is 0 Å². The maximum atomic E-state index is 13.8. The van der Waals surface area contributed by atoms with Crippen molar-refractivity contribution in [1.29, 1.82) is 0 Å². The van der Waals surface area contributed by atoms with E-state index >= 15 is 0 Å². The van der Waals surface area contributed by atoms with Crippen LogP contribution < -0.4 is 4.90 Å². The maximum absolute atomic E-state index is 13.8. The summed E-state index contributed by atoms with van der Waals surface area (Å²) in [5.41, 5.74) is 4.53. The van der Waals surface area contributed by atoms with Gasteiger partial charge in [0.05, 0.1) is 12.6 Å². The van der Waals surface area contributed by atoms with Gasteiger partial charge >= 0.3 is 0 Å². The largest absolute Gasteiger partial charge is 0.381 e. The van der Waals surface area contributed by atoms with Crippen molar-refractivity contribution < 1.29 is 18.3 Å². The molecule has 1 saturated heterocycles. The van der Waals surface area contributed by atoms with Gasteiger partial charge in [0.2, 0.25) is 5.91 Å². The van der Waals surface area contributed by atoms with E-state index in [2.05, 4.69) is 16.2 Å². The standard InChI is InChI=1S/C25H30F2N4O2/c1-3-17-13-18-5-4-9-30(23(18)14-20(17)24(26)27)25-21-15-29(16(2)32)10-6-22(21)31(28-25)19-7-11-33-12-8-19/h3,13-14,19,24H,1,4-12,15H2,2H3. The van der Waals surface area contributed by atoms with Crippen LogP contribution in [-0.4, -0.2) is 46.9 Å². The van der Waals surface area contributed by atoms with Gasteiger partial charge in [-0.25, -0.2) is 8.78 Å². The third-order valence-corrected chi connectivity index (χ3v) is 7.16. The molecule has 0 bridgehead atoms. The fraction of sp³-hybridized carbons (Fsp3) is 0.520. The summed E-state index contributed by atoms with van der Waals surface area (Å²) in [6, 6.07) is 3.72. The number of aromatic nitrogens is 2. The lowest BCUT2D eigenvalue weighted by Gasteiger charge is -2.33. The Balaban J connectivity index is 1.63. The Morgan fingerprint density at radius 1 is 1.24 bits per heavy atom. The topological polar surface area (TPSA) is 50.6 Å². The van der Waals surface area contributed by atoms with E-state index in [1.165, 1.54) is 11.8 Å². The average Bonchev–Trinajstić information content (AvgIpc) is 3.22. The van der Waals surface area contributed by atoms with Gasteiger partial charge in [-0.3, -0.25) is 9.48 Å². The number of fused-ring (bicyclic) bond motifs is 2. The van der Waals surface area contributed by atoms with Crippen molar-refractivity contribution in [2.24, 2.45) is 0 Å². The molecule has 6 nitrogen and oxygen atoms in total. The number of aryl methyl sites for hydroxylation is 1. The van der Waals surface area contributed by atoms with Crippen LogP contribution in [0, 0.1) is 0 Å². The summed E-state index contributed by atoms with van der Waals surface area (Å²) >= 11 is 0. The van der Waals surface area contributed by atoms with Crippen LogP contribution in [-0.2, 0) is 28.9 Å². The van der Waals surface area contributed by atoms with Gasteiger partial charge in [-0.1, -0.05) is 12.7 Å². The van der Waals surface area contributed by atoms with Crippen LogP contribution in [0.25, 0.3) is 6.08 Å². The molecule has 2 aromatic rings. The molecule has 176 valence electrons. The van der Waals surface area contributed by atoms with E-state index in [4.69, 9.17) is 9.84 Å². The lowest BCUT2D eigenvalue weighted by Crippen LogP contribution is -2.36. The summed E-state index contributed by atoms with van der Waals surface area (Å²) in [5.74, 6) is 0.843.